The molecule has 0 spiro atoms. The van der Waals surface area contributed by atoms with Crippen LogP contribution >= 0.6 is 0 Å². The summed E-state index contributed by atoms with van der Waals surface area (Å²) >= 11 is 0. The van der Waals surface area contributed by atoms with Crippen LogP contribution in [0.15, 0.2) is 12.5 Å². The molecular formula is C10H18N2O. The average molecular weight is 182 g/mol. The fourth-order valence-corrected chi connectivity index (χ4v) is 1.43. The lowest BCUT2D eigenvalue weighted by atomic mass is 10.1. The molecule has 1 aromatic heterocycles. The highest BCUT2D eigenvalue weighted by Crippen LogP contribution is 2.20. The van der Waals surface area contributed by atoms with E-state index < -0.39 is 0 Å². The second-order valence-corrected chi connectivity index (χ2v) is 3.62. The fraction of sp³-hybridized carbons (Fsp3) is 0.700. The van der Waals surface area contributed by atoms with E-state index in [-0.39, 0.29) is 6.10 Å². The molecule has 0 amide bonds. The molecule has 74 valence electrons. The lowest BCUT2D eigenvalue weighted by Gasteiger charge is -2.15. The van der Waals surface area contributed by atoms with E-state index in [2.05, 4.69) is 25.8 Å². The van der Waals surface area contributed by atoms with Crippen LogP contribution < -0.4 is 0 Å². The first-order valence-electron chi connectivity index (χ1n) is 4.86. The average Bonchev–Trinajstić information content (AvgIpc) is 2.52. The van der Waals surface area contributed by atoms with Gasteiger partial charge >= 0.3 is 0 Å². The molecule has 0 aliphatic heterocycles. The van der Waals surface area contributed by atoms with Crippen LogP contribution in [0, 0.1) is 0 Å². The van der Waals surface area contributed by atoms with Crippen molar-refractivity contribution in [2.24, 2.45) is 0 Å². The van der Waals surface area contributed by atoms with E-state index in [0.717, 1.165) is 18.5 Å². The third-order valence-electron chi connectivity index (χ3n) is 2.16. The van der Waals surface area contributed by atoms with Crippen LogP contribution in [-0.2, 0) is 0 Å². The lowest BCUT2D eigenvalue weighted by Crippen LogP contribution is -2.08. The molecule has 3 nitrogen and oxygen atoms in total. The van der Waals surface area contributed by atoms with Gasteiger partial charge in [0.25, 0.3) is 0 Å². The van der Waals surface area contributed by atoms with Crippen molar-refractivity contribution in [2.45, 2.75) is 45.8 Å². The minimum Gasteiger partial charge on any atom is -0.387 e. The van der Waals surface area contributed by atoms with Crippen molar-refractivity contribution in [2.75, 3.05) is 0 Å². The molecule has 0 bridgehead atoms. The van der Waals surface area contributed by atoms with Gasteiger partial charge in [-0.1, -0.05) is 13.3 Å². The molecule has 13 heavy (non-hydrogen) atoms. The standard InChI is InChI=1S/C10H18N2O/c1-4-5-10(13)9-6-11-7-12(9)8(2)3/h6-8,10,13H,4-5H2,1-3H3. The third-order valence-corrected chi connectivity index (χ3v) is 2.16. The van der Waals surface area contributed by atoms with Crippen molar-refractivity contribution in [3.8, 4) is 0 Å². The maximum absolute atomic E-state index is 9.78. The molecule has 1 atom stereocenters. The summed E-state index contributed by atoms with van der Waals surface area (Å²) in [5.74, 6) is 0. The van der Waals surface area contributed by atoms with Crippen LogP contribution in [0.5, 0.6) is 0 Å². The molecule has 0 aliphatic carbocycles. The predicted octanol–water partition coefficient (Wildman–Crippen LogP) is 2.30. The van der Waals surface area contributed by atoms with Crippen LogP contribution in [0.25, 0.3) is 0 Å². The largest absolute Gasteiger partial charge is 0.387 e. The maximum atomic E-state index is 9.78. The van der Waals surface area contributed by atoms with E-state index in [0.29, 0.717) is 6.04 Å². The van der Waals surface area contributed by atoms with Crippen LogP contribution in [-0.4, -0.2) is 14.7 Å². The summed E-state index contributed by atoms with van der Waals surface area (Å²) in [6.07, 6.45) is 4.96. The molecule has 1 N–H and O–H groups in total. The Hall–Kier alpha value is -0.830. The summed E-state index contributed by atoms with van der Waals surface area (Å²) in [5.41, 5.74) is 0.928. The second-order valence-electron chi connectivity index (χ2n) is 3.62. The molecule has 1 rings (SSSR count). The highest BCUT2D eigenvalue weighted by molar-refractivity contribution is 5.03. The molecule has 0 aromatic carbocycles. The minimum atomic E-state index is -0.366. The Balaban J connectivity index is 2.80. The van der Waals surface area contributed by atoms with Crippen molar-refractivity contribution in [1.82, 2.24) is 9.55 Å². The van der Waals surface area contributed by atoms with Gasteiger partial charge in [-0.2, -0.15) is 0 Å². The van der Waals surface area contributed by atoms with E-state index in [1.54, 1.807) is 12.5 Å². The highest BCUT2D eigenvalue weighted by atomic mass is 16.3. The van der Waals surface area contributed by atoms with Crippen LogP contribution in [0.1, 0.15) is 51.5 Å². The Kier molecular flexibility index (Phi) is 3.48. The number of nitrogens with zero attached hydrogens (tertiary/aromatic N) is 2. The van der Waals surface area contributed by atoms with Gasteiger partial charge in [0.15, 0.2) is 0 Å². The Bertz CT molecular complexity index is 255. The van der Waals surface area contributed by atoms with Crippen LogP contribution in [0.3, 0.4) is 0 Å². The molecular weight excluding hydrogens is 164 g/mol. The molecule has 3 heteroatoms. The first-order valence-corrected chi connectivity index (χ1v) is 4.86. The molecule has 0 radical (unpaired) electrons. The van der Waals surface area contributed by atoms with E-state index in [1.807, 2.05) is 4.57 Å². The summed E-state index contributed by atoms with van der Waals surface area (Å²) in [7, 11) is 0. The van der Waals surface area contributed by atoms with E-state index >= 15 is 0 Å². The van der Waals surface area contributed by atoms with Crippen LogP contribution in [0.4, 0.5) is 0 Å². The smallest absolute Gasteiger partial charge is 0.0955 e. The number of aromatic nitrogens is 2. The number of rotatable bonds is 4. The third kappa shape index (κ3) is 2.31. The number of aliphatic hydroxyl groups excluding tert-OH is 1. The monoisotopic (exact) mass is 182 g/mol. The van der Waals surface area contributed by atoms with Crippen molar-refractivity contribution < 1.29 is 5.11 Å². The molecule has 1 unspecified atom stereocenters. The van der Waals surface area contributed by atoms with Crippen molar-refractivity contribution >= 4 is 0 Å². The fourth-order valence-electron chi connectivity index (χ4n) is 1.43. The molecule has 1 aromatic rings. The van der Waals surface area contributed by atoms with E-state index in [1.165, 1.54) is 0 Å². The number of hydrogen-bond donors (Lipinski definition) is 1. The summed E-state index contributed by atoms with van der Waals surface area (Å²) < 4.78 is 2.01. The predicted molar refractivity (Wildman–Crippen MR) is 52.5 cm³/mol. The molecule has 1 heterocycles. The summed E-state index contributed by atoms with van der Waals surface area (Å²) in [4.78, 5) is 4.05. The van der Waals surface area contributed by atoms with Gasteiger partial charge in [0, 0.05) is 6.04 Å². The summed E-state index contributed by atoms with van der Waals surface area (Å²) in [6.45, 7) is 6.24. The van der Waals surface area contributed by atoms with Crippen molar-refractivity contribution in [3.05, 3.63) is 18.2 Å². The Labute approximate surface area is 79.4 Å². The minimum absolute atomic E-state index is 0.365. The Morgan fingerprint density at radius 3 is 2.77 bits per heavy atom. The zero-order valence-corrected chi connectivity index (χ0v) is 8.57. The maximum Gasteiger partial charge on any atom is 0.0955 e. The Morgan fingerprint density at radius 1 is 1.54 bits per heavy atom. The topological polar surface area (TPSA) is 38.1 Å². The molecule has 0 fully saturated rings. The number of imidazole rings is 1. The van der Waals surface area contributed by atoms with Gasteiger partial charge < -0.3 is 9.67 Å². The first-order chi connectivity index (χ1) is 6.16. The Morgan fingerprint density at radius 2 is 2.23 bits per heavy atom. The summed E-state index contributed by atoms with van der Waals surface area (Å²) in [6, 6.07) is 0.365. The quantitative estimate of drug-likeness (QED) is 0.775. The van der Waals surface area contributed by atoms with Crippen molar-refractivity contribution in [1.29, 1.82) is 0 Å². The van der Waals surface area contributed by atoms with Gasteiger partial charge in [0.2, 0.25) is 0 Å². The molecule has 0 saturated carbocycles. The SMILES string of the molecule is CCCC(O)c1cncn1C(C)C. The normalized spacial score (nSPS) is 13.6. The van der Waals surface area contributed by atoms with Gasteiger partial charge in [-0.15, -0.1) is 0 Å². The lowest BCUT2D eigenvalue weighted by molar-refractivity contribution is 0.155. The number of aliphatic hydroxyl groups is 1. The van der Waals surface area contributed by atoms with E-state index in [9.17, 15) is 5.11 Å². The molecule has 0 saturated heterocycles. The van der Waals surface area contributed by atoms with Gasteiger partial charge in [-0.3, -0.25) is 0 Å². The molecule has 0 aliphatic rings. The van der Waals surface area contributed by atoms with Crippen LogP contribution in [0.2, 0.25) is 0 Å². The van der Waals surface area contributed by atoms with Crippen molar-refractivity contribution in [3.63, 3.8) is 0 Å². The number of hydrogen-bond acceptors (Lipinski definition) is 2. The highest BCUT2D eigenvalue weighted by Gasteiger charge is 2.12. The van der Waals surface area contributed by atoms with Gasteiger partial charge in [-0.05, 0) is 20.3 Å². The summed E-state index contributed by atoms with van der Waals surface area (Å²) in [5, 5.41) is 9.78. The zero-order chi connectivity index (χ0) is 9.84. The van der Waals surface area contributed by atoms with E-state index in [4.69, 9.17) is 0 Å². The first kappa shape index (κ1) is 10.3. The zero-order valence-electron chi connectivity index (χ0n) is 8.57. The second kappa shape index (κ2) is 4.42. The van der Waals surface area contributed by atoms with Gasteiger partial charge in [0.05, 0.1) is 24.3 Å². The van der Waals surface area contributed by atoms with Gasteiger partial charge in [-0.25, -0.2) is 4.98 Å². The van der Waals surface area contributed by atoms with Gasteiger partial charge in [0.1, 0.15) is 0 Å².